The molecule has 1 aromatic heterocycles. The third-order valence-electron chi connectivity index (χ3n) is 3.58. The van der Waals surface area contributed by atoms with Crippen molar-refractivity contribution in [2.75, 3.05) is 13.1 Å². The van der Waals surface area contributed by atoms with Crippen LogP contribution < -0.4 is 5.73 Å². The fourth-order valence-electron chi connectivity index (χ4n) is 2.40. The van der Waals surface area contributed by atoms with Crippen LogP contribution in [-0.2, 0) is 13.0 Å². The number of likely N-dealkylation sites (tertiary alicyclic amines) is 1. The molecule has 1 aromatic rings. The van der Waals surface area contributed by atoms with Gasteiger partial charge < -0.3 is 10.3 Å². The highest BCUT2D eigenvalue weighted by atomic mass is 16.5. The quantitative estimate of drug-likeness (QED) is 0.853. The SMILES string of the molecule is CCc1nc(CN2CCC(N)C(CC)C2)no1. The van der Waals surface area contributed by atoms with Gasteiger partial charge in [-0.25, -0.2) is 0 Å². The molecule has 0 aliphatic carbocycles. The zero-order valence-corrected chi connectivity index (χ0v) is 10.7. The Morgan fingerprint density at radius 1 is 1.47 bits per heavy atom. The fourth-order valence-corrected chi connectivity index (χ4v) is 2.40. The van der Waals surface area contributed by atoms with Crippen molar-refractivity contribution in [3.8, 4) is 0 Å². The summed E-state index contributed by atoms with van der Waals surface area (Å²) >= 11 is 0. The third-order valence-corrected chi connectivity index (χ3v) is 3.58. The molecule has 1 fully saturated rings. The van der Waals surface area contributed by atoms with Crippen molar-refractivity contribution in [3.05, 3.63) is 11.7 Å². The molecule has 2 rings (SSSR count). The van der Waals surface area contributed by atoms with Crippen molar-refractivity contribution in [2.45, 2.75) is 45.7 Å². The Kier molecular flexibility index (Phi) is 4.12. The lowest BCUT2D eigenvalue weighted by Crippen LogP contribution is -2.46. The van der Waals surface area contributed by atoms with Gasteiger partial charge in [-0.3, -0.25) is 4.90 Å². The average molecular weight is 238 g/mol. The van der Waals surface area contributed by atoms with Crippen molar-refractivity contribution in [2.24, 2.45) is 11.7 Å². The molecular weight excluding hydrogens is 216 g/mol. The van der Waals surface area contributed by atoms with Gasteiger partial charge in [0.2, 0.25) is 5.89 Å². The van der Waals surface area contributed by atoms with E-state index in [2.05, 4.69) is 22.0 Å². The largest absolute Gasteiger partial charge is 0.339 e. The summed E-state index contributed by atoms with van der Waals surface area (Å²) in [4.78, 5) is 6.72. The van der Waals surface area contributed by atoms with Crippen molar-refractivity contribution in [3.63, 3.8) is 0 Å². The second-order valence-electron chi connectivity index (χ2n) is 4.81. The monoisotopic (exact) mass is 238 g/mol. The summed E-state index contributed by atoms with van der Waals surface area (Å²) in [7, 11) is 0. The van der Waals surface area contributed by atoms with Gasteiger partial charge in [-0.05, 0) is 12.3 Å². The number of aromatic nitrogens is 2. The van der Waals surface area contributed by atoms with Gasteiger partial charge in [0.1, 0.15) is 0 Å². The van der Waals surface area contributed by atoms with E-state index in [9.17, 15) is 0 Å². The summed E-state index contributed by atoms with van der Waals surface area (Å²) < 4.78 is 5.12. The van der Waals surface area contributed by atoms with E-state index in [4.69, 9.17) is 10.3 Å². The van der Waals surface area contributed by atoms with Crippen molar-refractivity contribution in [1.82, 2.24) is 15.0 Å². The molecule has 2 heterocycles. The highest BCUT2D eigenvalue weighted by Gasteiger charge is 2.25. The summed E-state index contributed by atoms with van der Waals surface area (Å²) in [6, 6.07) is 0.354. The van der Waals surface area contributed by atoms with Gasteiger partial charge in [0.15, 0.2) is 5.82 Å². The lowest BCUT2D eigenvalue weighted by molar-refractivity contribution is 0.141. The van der Waals surface area contributed by atoms with E-state index in [1.165, 1.54) is 0 Å². The van der Waals surface area contributed by atoms with Gasteiger partial charge in [0.05, 0.1) is 6.54 Å². The van der Waals surface area contributed by atoms with Crippen LogP contribution in [0.2, 0.25) is 0 Å². The van der Waals surface area contributed by atoms with E-state index < -0.39 is 0 Å². The fraction of sp³-hybridized carbons (Fsp3) is 0.833. The first-order chi connectivity index (χ1) is 8.22. The molecule has 96 valence electrons. The van der Waals surface area contributed by atoms with Crippen LogP contribution in [0, 0.1) is 5.92 Å². The number of hydrogen-bond donors (Lipinski definition) is 1. The number of hydrogen-bond acceptors (Lipinski definition) is 5. The second kappa shape index (κ2) is 5.60. The molecular formula is C12H22N4O. The van der Waals surface area contributed by atoms with Gasteiger partial charge in [-0.15, -0.1) is 0 Å². The zero-order valence-electron chi connectivity index (χ0n) is 10.7. The molecule has 1 aliphatic heterocycles. The molecule has 0 amide bonds. The predicted molar refractivity (Wildman–Crippen MR) is 65.3 cm³/mol. The molecule has 2 unspecified atom stereocenters. The van der Waals surface area contributed by atoms with Crippen LogP contribution in [-0.4, -0.2) is 34.2 Å². The van der Waals surface area contributed by atoms with E-state index in [0.29, 0.717) is 12.0 Å². The summed E-state index contributed by atoms with van der Waals surface area (Å²) in [5.74, 6) is 2.12. The van der Waals surface area contributed by atoms with Gasteiger partial charge >= 0.3 is 0 Å². The Labute approximate surface area is 102 Å². The molecule has 2 atom stereocenters. The molecule has 0 saturated carbocycles. The van der Waals surface area contributed by atoms with E-state index in [0.717, 1.165) is 50.6 Å². The molecule has 5 nitrogen and oxygen atoms in total. The standard InChI is InChI=1S/C12H22N4O/c1-3-9-7-16(6-5-10(9)13)8-11-14-12(4-2)17-15-11/h9-10H,3-8,13H2,1-2H3. The lowest BCUT2D eigenvalue weighted by atomic mass is 9.91. The molecule has 1 saturated heterocycles. The Morgan fingerprint density at radius 3 is 2.94 bits per heavy atom. The van der Waals surface area contributed by atoms with Crippen LogP contribution in [0.25, 0.3) is 0 Å². The first kappa shape index (κ1) is 12.5. The zero-order chi connectivity index (χ0) is 12.3. The molecule has 0 bridgehead atoms. The Hall–Kier alpha value is -0.940. The van der Waals surface area contributed by atoms with Crippen LogP contribution in [0.3, 0.4) is 0 Å². The van der Waals surface area contributed by atoms with Gasteiger partial charge in [-0.2, -0.15) is 4.98 Å². The summed E-state index contributed by atoms with van der Waals surface area (Å²) in [6.07, 6.45) is 3.01. The van der Waals surface area contributed by atoms with E-state index in [1.807, 2.05) is 6.92 Å². The van der Waals surface area contributed by atoms with Gasteiger partial charge in [0, 0.05) is 25.6 Å². The van der Waals surface area contributed by atoms with Crippen molar-refractivity contribution in [1.29, 1.82) is 0 Å². The maximum atomic E-state index is 6.09. The van der Waals surface area contributed by atoms with E-state index in [1.54, 1.807) is 0 Å². The van der Waals surface area contributed by atoms with Crippen LogP contribution in [0.15, 0.2) is 4.52 Å². The lowest BCUT2D eigenvalue weighted by Gasteiger charge is -2.35. The highest BCUT2D eigenvalue weighted by molar-refractivity contribution is 4.89. The number of piperidine rings is 1. The normalized spacial score (nSPS) is 26.3. The second-order valence-corrected chi connectivity index (χ2v) is 4.81. The van der Waals surface area contributed by atoms with Crippen LogP contribution in [0.5, 0.6) is 0 Å². The van der Waals surface area contributed by atoms with Gasteiger partial charge in [-0.1, -0.05) is 25.4 Å². The van der Waals surface area contributed by atoms with Crippen molar-refractivity contribution < 1.29 is 4.52 Å². The van der Waals surface area contributed by atoms with Gasteiger partial charge in [0.25, 0.3) is 0 Å². The first-order valence-corrected chi connectivity index (χ1v) is 6.52. The summed E-state index contributed by atoms with van der Waals surface area (Å²) in [5, 5.41) is 3.99. The van der Waals surface area contributed by atoms with E-state index >= 15 is 0 Å². The molecule has 2 N–H and O–H groups in total. The molecule has 0 aromatic carbocycles. The van der Waals surface area contributed by atoms with Crippen LogP contribution >= 0.6 is 0 Å². The number of nitrogens with two attached hydrogens (primary N) is 1. The minimum absolute atomic E-state index is 0.354. The Bertz CT molecular complexity index is 352. The first-order valence-electron chi connectivity index (χ1n) is 6.52. The smallest absolute Gasteiger partial charge is 0.226 e. The number of rotatable bonds is 4. The Morgan fingerprint density at radius 2 is 2.29 bits per heavy atom. The number of nitrogens with zero attached hydrogens (tertiary/aromatic N) is 3. The maximum Gasteiger partial charge on any atom is 0.226 e. The van der Waals surface area contributed by atoms with Crippen molar-refractivity contribution >= 4 is 0 Å². The third kappa shape index (κ3) is 3.04. The average Bonchev–Trinajstić information content (AvgIpc) is 2.79. The molecule has 5 heteroatoms. The maximum absolute atomic E-state index is 6.09. The molecule has 17 heavy (non-hydrogen) atoms. The highest BCUT2D eigenvalue weighted by Crippen LogP contribution is 2.19. The Balaban J connectivity index is 1.90. The molecule has 0 radical (unpaired) electrons. The minimum atomic E-state index is 0.354. The number of aryl methyl sites for hydroxylation is 1. The molecule has 1 aliphatic rings. The molecule has 0 spiro atoms. The summed E-state index contributed by atoms with van der Waals surface area (Å²) in [6.45, 7) is 7.09. The minimum Gasteiger partial charge on any atom is -0.339 e. The predicted octanol–water partition coefficient (Wildman–Crippen LogP) is 1.19. The van der Waals surface area contributed by atoms with Crippen LogP contribution in [0.1, 0.15) is 38.4 Å². The van der Waals surface area contributed by atoms with Crippen LogP contribution in [0.4, 0.5) is 0 Å². The summed E-state index contributed by atoms with van der Waals surface area (Å²) in [5.41, 5.74) is 6.09. The van der Waals surface area contributed by atoms with E-state index in [-0.39, 0.29) is 0 Å². The topological polar surface area (TPSA) is 68.2 Å².